The molecule has 2 rings (SSSR count). The monoisotopic (exact) mass is 290 g/mol. The Balaban J connectivity index is 2.33. The fraction of sp³-hybridized carbons (Fsp3) is 0.462. The maximum absolute atomic E-state index is 12.3. The lowest BCUT2D eigenvalue weighted by Crippen LogP contribution is -2.26. The number of ether oxygens (including phenoxy) is 3. The molecule has 1 aliphatic rings. The Kier molecular flexibility index (Phi) is 4.17. The SMILES string of the molecule is CCOC(=O)C1OCCc2c(OC(F)(F)F)cccc21. The van der Waals surface area contributed by atoms with Crippen molar-refractivity contribution in [3.05, 3.63) is 29.3 Å². The zero-order valence-corrected chi connectivity index (χ0v) is 10.7. The Morgan fingerprint density at radius 3 is 2.85 bits per heavy atom. The lowest BCUT2D eigenvalue weighted by atomic mass is 9.96. The van der Waals surface area contributed by atoms with E-state index in [1.54, 1.807) is 13.0 Å². The summed E-state index contributed by atoms with van der Waals surface area (Å²) in [7, 11) is 0. The highest BCUT2D eigenvalue weighted by molar-refractivity contribution is 5.77. The van der Waals surface area contributed by atoms with Crippen molar-refractivity contribution < 1.29 is 32.2 Å². The number of fused-ring (bicyclic) bond motifs is 1. The summed E-state index contributed by atoms with van der Waals surface area (Å²) in [6.07, 6.45) is -5.53. The largest absolute Gasteiger partial charge is 0.573 e. The lowest BCUT2D eigenvalue weighted by Gasteiger charge is -2.26. The van der Waals surface area contributed by atoms with Gasteiger partial charge in [0.1, 0.15) is 5.75 Å². The molecule has 0 spiro atoms. The number of rotatable bonds is 3. The summed E-state index contributed by atoms with van der Waals surface area (Å²) in [5.41, 5.74) is 0.686. The van der Waals surface area contributed by atoms with Crippen molar-refractivity contribution >= 4 is 5.97 Å². The number of carbonyl (C=O) groups is 1. The Morgan fingerprint density at radius 2 is 2.20 bits per heavy atom. The molecule has 0 aliphatic carbocycles. The van der Waals surface area contributed by atoms with Crippen LogP contribution in [0.5, 0.6) is 5.75 Å². The Bertz CT molecular complexity index is 499. The van der Waals surface area contributed by atoms with Gasteiger partial charge in [-0.15, -0.1) is 13.2 Å². The molecule has 4 nitrogen and oxygen atoms in total. The van der Waals surface area contributed by atoms with Crippen LogP contribution in [-0.4, -0.2) is 25.5 Å². The first kappa shape index (κ1) is 14.6. The minimum atomic E-state index is -4.77. The van der Waals surface area contributed by atoms with Gasteiger partial charge in [-0.25, -0.2) is 4.79 Å². The van der Waals surface area contributed by atoms with Gasteiger partial charge in [0.15, 0.2) is 6.10 Å². The second-order valence-corrected chi connectivity index (χ2v) is 4.12. The van der Waals surface area contributed by atoms with Crippen LogP contribution < -0.4 is 4.74 Å². The van der Waals surface area contributed by atoms with Gasteiger partial charge in [0.2, 0.25) is 0 Å². The quantitative estimate of drug-likeness (QED) is 0.803. The molecule has 20 heavy (non-hydrogen) atoms. The van der Waals surface area contributed by atoms with E-state index in [4.69, 9.17) is 9.47 Å². The van der Waals surface area contributed by atoms with Crippen molar-refractivity contribution in [1.29, 1.82) is 0 Å². The van der Waals surface area contributed by atoms with Crippen molar-refractivity contribution in [3.63, 3.8) is 0 Å². The molecule has 1 aromatic rings. The average Bonchev–Trinajstić information content (AvgIpc) is 2.37. The van der Waals surface area contributed by atoms with Crippen LogP contribution in [0.3, 0.4) is 0 Å². The van der Waals surface area contributed by atoms with E-state index in [9.17, 15) is 18.0 Å². The number of esters is 1. The molecule has 1 atom stereocenters. The standard InChI is InChI=1S/C13H13F3O4/c1-2-18-12(17)11-9-4-3-5-10(20-13(14,15)16)8(9)6-7-19-11/h3-5,11H,2,6-7H2,1H3. The van der Waals surface area contributed by atoms with Gasteiger partial charge in [-0.05, 0) is 25.0 Å². The molecule has 0 aromatic heterocycles. The van der Waals surface area contributed by atoms with Crippen LogP contribution >= 0.6 is 0 Å². The van der Waals surface area contributed by atoms with Crippen molar-refractivity contribution in [2.75, 3.05) is 13.2 Å². The molecule has 1 aliphatic heterocycles. The molecule has 7 heteroatoms. The highest BCUT2D eigenvalue weighted by Crippen LogP contribution is 2.36. The summed E-state index contributed by atoms with van der Waals surface area (Å²) in [5.74, 6) is -0.912. The molecule has 0 amide bonds. The van der Waals surface area contributed by atoms with Gasteiger partial charge in [0.05, 0.1) is 13.2 Å². The van der Waals surface area contributed by atoms with E-state index in [-0.39, 0.29) is 25.4 Å². The lowest BCUT2D eigenvalue weighted by molar-refractivity contribution is -0.275. The van der Waals surface area contributed by atoms with E-state index < -0.39 is 18.4 Å². The molecule has 0 N–H and O–H groups in total. The average molecular weight is 290 g/mol. The number of carbonyl (C=O) groups excluding carboxylic acids is 1. The van der Waals surface area contributed by atoms with Crippen molar-refractivity contribution in [2.45, 2.75) is 25.8 Å². The third-order valence-electron chi connectivity index (χ3n) is 2.81. The smallest absolute Gasteiger partial charge is 0.464 e. The topological polar surface area (TPSA) is 44.8 Å². The molecular weight excluding hydrogens is 277 g/mol. The second-order valence-electron chi connectivity index (χ2n) is 4.12. The third kappa shape index (κ3) is 3.22. The second kappa shape index (κ2) is 5.70. The normalized spacial score (nSPS) is 18.3. The van der Waals surface area contributed by atoms with Gasteiger partial charge in [-0.2, -0.15) is 0 Å². The minimum Gasteiger partial charge on any atom is -0.464 e. The van der Waals surface area contributed by atoms with Crippen molar-refractivity contribution in [3.8, 4) is 5.75 Å². The molecule has 0 radical (unpaired) electrons. The first-order chi connectivity index (χ1) is 9.42. The van der Waals surface area contributed by atoms with Crippen LogP contribution in [0.4, 0.5) is 13.2 Å². The first-order valence-electron chi connectivity index (χ1n) is 6.08. The first-order valence-corrected chi connectivity index (χ1v) is 6.08. The molecule has 110 valence electrons. The summed E-state index contributed by atoms with van der Waals surface area (Å²) in [4.78, 5) is 11.7. The van der Waals surface area contributed by atoms with E-state index in [0.29, 0.717) is 11.1 Å². The van der Waals surface area contributed by atoms with Crippen LogP contribution in [0.2, 0.25) is 0 Å². The van der Waals surface area contributed by atoms with E-state index in [0.717, 1.165) is 0 Å². The molecule has 1 aromatic carbocycles. The summed E-state index contributed by atoms with van der Waals surface area (Å²) in [6.45, 7) is 1.95. The van der Waals surface area contributed by atoms with Gasteiger partial charge in [-0.3, -0.25) is 0 Å². The molecule has 0 saturated heterocycles. The summed E-state index contributed by atoms with van der Waals surface area (Å²) >= 11 is 0. The van der Waals surface area contributed by atoms with Gasteiger partial charge < -0.3 is 14.2 Å². The van der Waals surface area contributed by atoms with Crippen molar-refractivity contribution in [2.24, 2.45) is 0 Å². The van der Waals surface area contributed by atoms with Gasteiger partial charge in [-0.1, -0.05) is 12.1 Å². The van der Waals surface area contributed by atoms with Crippen LogP contribution in [0.15, 0.2) is 18.2 Å². The summed E-state index contributed by atoms with van der Waals surface area (Å²) < 4.78 is 51.2. The number of alkyl halides is 3. The number of hydrogen-bond donors (Lipinski definition) is 0. The van der Waals surface area contributed by atoms with Crippen LogP contribution in [0.1, 0.15) is 24.2 Å². The molecule has 0 fully saturated rings. The van der Waals surface area contributed by atoms with Crippen LogP contribution in [0.25, 0.3) is 0 Å². The van der Waals surface area contributed by atoms with Crippen LogP contribution in [-0.2, 0) is 20.7 Å². The number of halogens is 3. The molecule has 0 saturated carbocycles. The van der Waals surface area contributed by atoms with E-state index in [1.807, 2.05) is 0 Å². The van der Waals surface area contributed by atoms with E-state index >= 15 is 0 Å². The van der Waals surface area contributed by atoms with Gasteiger partial charge >= 0.3 is 12.3 Å². The Labute approximate surface area is 113 Å². The maximum atomic E-state index is 12.3. The molecular formula is C13H13F3O4. The van der Waals surface area contributed by atoms with E-state index in [2.05, 4.69) is 4.74 Å². The predicted octanol–water partition coefficient (Wildman–Crippen LogP) is 2.76. The highest BCUT2D eigenvalue weighted by Gasteiger charge is 2.35. The summed E-state index contributed by atoms with van der Waals surface area (Å²) in [5, 5.41) is 0. The molecule has 1 unspecified atom stereocenters. The fourth-order valence-electron chi connectivity index (χ4n) is 2.10. The van der Waals surface area contributed by atoms with E-state index in [1.165, 1.54) is 12.1 Å². The predicted molar refractivity (Wildman–Crippen MR) is 62.2 cm³/mol. The van der Waals surface area contributed by atoms with Gasteiger partial charge in [0.25, 0.3) is 0 Å². The summed E-state index contributed by atoms with van der Waals surface area (Å²) in [6, 6.07) is 4.15. The highest BCUT2D eigenvalue weighted by atomic mass is 19.4. The van der Waals surface area contributed by atoms with Crippen molar-refractivity contribution in [1.82, 2.24) is 0 Å². The Morgan fingerprint density at radius 1 is 1.45 bits per heavy atom. The zero-order valence-electron chi connectivity index (χ0n) is 10.7. The third-order valence-corrected chi connectivity index (χ3v) is 2.81. The molecule has 0 bridgehead atoms. The molecule has 1 heterocycles. The van der Waals surface area contributed by atoms with Crippen LogP contribution in [0, 0.1) is 0 Å². The number of hydrogen-bond acceptors (Lipinski definition) is 4. The fourth-order valence-corrected chi connectivity index (χ4v) is 2.10. The zero-order chi connectivity index (χ0) is 14.8. The Hall–Kier alpha value is -1.76. The number of benzene rings is 1. The maximum Gasteiger partial charge on any atom is 0.573 e. The minimum absolute atomic E-state index is 0.134. The van der Waals surface area contributed by atoms with Gasteiger partial charge in [0, 0.05) is 5.56 Å².